The van der Waals surface area contributed by atoms with E-state index in [1.165, 1.54) is 5.56 Å². The maximum Gasteiger partial charge on any atom is 0.240 e. The Bertz CT molecular complexity index is 1270. The molecule has 0 unspecified atom stereocenters. The van der Waals surface area contributed by atoms with E-state index in [-0.39, 0.29) is 12.3 Å². The number of hydrogen-bond donors (Lipinski definition) is 1. The lowest BCUT2D eigenvalue weighted by molar-refractivity contribution is -0.121. The van der Waals surface area contributed by atoms with E-state index in [9.17, 15) is 4.79 Å². The molecule has 1 heterocycles. The average Bonchev–Trinajstić information content (AvgIpc) is 3.20. The van der Waals surface area contributed by atoms with Crippen molar-refractivity contribution in [2.24, 2.45) is 5.10 Å². The lowest BCUT2D eigenvalue weighted by Crippen LogP contribution is -2.19. The Morgan fingerprint density at radius 2 is 1.76 bits per heavy atom. The highest BCUT2D eigenvalue weighted by Crippen LogP contribution is 2.26. The number of hydrazone groups is 1. The minimum absolute atomic E-state index is 0.176. The smallest absolute Gasteiger partial charge is 0.240 e. The summed E-state index contributed by atoms with van der Waals surface area (Å²) in [6.45, 7) is 0.704. The number of fused-ring (bicyclic) bond motifs is 1. The maximum absolute atomic E-state index is 12.4. The fourth-order valence-corrected chi connectivity index (χ4v) is 3.65. The van der Waals surface area contributed by atoms with Gasteiger partial charge in [0.1, 0.15) is 5.82 Å². The van der Waals surface area contributed by atoms with Gasteiger partial charge in [-0.05, 0) is 41.5 Å². The summed E-state index contributed by atoms with van der Waals surface area (Å²) in [5, 5.41) is 4.07. The van der Waals surface area contributed by atoms with Crippen LogP contribution in [0.15, 0.2) is 77.9 Å². The Morgan fingerprint density at radius 1 is 1.00 bits per heavy atom. The van der Waals surface area contributed by atoms with Gasteiger partial charge in [-0.15, -0.1) is 0 Å². The molecule has 168 valence electrons. The molecule has 0 radical (unpaired) electrons. The van der Waals surface area contributed by atoms with Crippen molar-refractivity contribution in [3.63, 3.8) is 0 Å². The zero-order valence-electron chi connectivity index (χ0n) is 18.7. The zero-order chi connectivity index (χ0) is 23.0. The fourth-order valence-electron chi connectivity index (χ4n) is 3.65. The predicted molar refractivity (Wildman–Crippen MR) is 129 cm³/mol. The van der Waals surface area contributed by atoms with Crippen molar-refractivity contribution in [3.05, 3.63) is 89.7 Å². The normalized spacial score (nSPS) is 11.1. The Kier molecular flexibility index (Phi) is 6.99. The molecule has 33 heavy (non-hydrogen) atoms. The number of aryl methyl sites for hydroxylation is 1. The molecule has 4 rings (SSSR count). The molecule has 3 aromatic carbocycles. The summed E-state index contributed by atoms with van der Waals surface area (Å²) in [5.41, 5.74) is 6.55. The lowest BCUT2D eigenvalue weighted by Gasteiger charge is -2.09. The molecule has 0 bridgehead atoms. The number of benzene rings is 3. The maximum atomic E-state index is 12.4. The van der Waals surface area contributed by atoms with E-state index >= 15 is 0 Å². The number of rotatable bonds is 9. The second kappa shape index (κ2) is 10.5. The van der Waals surface area contributed by atoms with E-state index < -0.39 is 0 Å². The first-order valence-electron chi connectivity index (χ1n) is 10.7. The number of carbonyl (C=O) groups is 1. The van der Waals surface area contributed by atoms with E-state index in [1.807, 2.05) is 42.5 Å². The van der Waals surface area contributed by atoms with Gasteiger partial charge in [0, 0.05) is 19.4 Å². The van der Waals surface area contributed by atoms with Crippen LogP contribution < -0.4 is 14.9 Å². The molecule has 0 aliphatic heterocycles. The number of carbonyl (C=O) groups excluding carboxylic acids is 1. The number of hydrogen-bond acceptors (Lipinski definition) is 5. The first-order valence-corrected chi connectivity index (χ1v) is 10.7. The van der Waals surface area contributed by atoms with Crippen LogP contribution in [0.2, 0.25) is 0 Å². The van der Waals surface area contributed by atoms with Crippen molar-refractivity contribution in [2.75, 3.05) is 14.2 Å². The van der Waals surface area contributed by atoms with Crippen LogP contribution in [-0.2, 0) is 17.8 Å². The van der Waals surface area contributed by atoms with Crippen molar-refractivity contribution in [3.8, 4) is 11.5 Å². The summed E-state index contributed by atoms with van der Waals surface area (Å²) in [5.74, 6) is 1.94. The number of amides is 1. The third kappa shape index (κ3) is 5.38. The summed E-state index contributed by atoms with van der Waals surface area (Å²) in [7, 11) is 3.16. The largest absolute Gasteiger partial charge is 0.493 e. The van der Waals surface area contributed by atoms with Crippen LogP contribution in [0.1, 0.15) is 23.4 Å². The molecule has 0 saturated carbocycles. The third-order valence-corrected chi connectivity index (χ3v) is 5.30. The summed E-state index contributed by atoms with van der Waals surface area (Å²) in [4.78, 5) is 17.2. The minimum atomic E-state index is -0.176. The minimum Gasteiger partial charge on any atom is -0.493 e. The number of nitrogens with zero attached hydrogens (tertiary/aromatic N) is 3. The molecule has 0 aliphatic rings. The summed E-state index contributed by atoms with van der Waals surface area (Å²) in [6, 6.07) is 23.7. The molecule has 7 heteroatoms. The number of nitrogens with one attached hydrogen (secondary N) is 1. The van der Waals surface area contributed by atoms with Crippen LogP contribution in [0.5, 0.6) is 11.5 Å². The van der Waals surface area contributed by atoms with Gasteiger partial charge in [0.2, 0.25) is 5.91 Å². The number of methoxy groups -OCH3 is 2. The second-order valence-electron chi connectivity index (χ2n) is 7.50. The topological polar surface area (TPSA) is 77.7 Å². The Balaban J connectivity index is 1.41. The van der Waals surface area contributed by atoms with Crippen LogP contribution in [0.4, 0.5) is 0 Å². The zero-order valence-corrected chi connectivity index (χ0v) is 18.7. The highest BCUT2D eigenvalue weighted by Gasteiger charge is 2.12. The molecule has 4 aromatic rings. The van der Waals surface area contributed by atoms with Crippen LogP contribution in [0.25, 0.3) is 11.0 Å². The molecule has 1 aromatic heterocycles. The van der Waals surface area contributed by atoms with Gasteiger partial charge in [-0.3, -0.25) is 4.79 Å². The van der Waals surface area contributed by atoms with Crippen LogP contribution in [0, 0.1) is 0 Å². The highest BCUT2D eigenvalue weighted by molar-refractivity contribution is 5.83. The van der Waals surface area contributed by atoms with E-state index in [0.29, 0.717) is 24.5 Å². The molecular formula is C26H26N4O3. The molecule has 0 fully saturated rings. The summed E-state index contributed by atoms with van der Waals surface area (Å²) < 4.78 is 12.7. The van der Waals surface area contributed by atoms with Crippen LogP contribution >= 0.6 is 0 Å². The molecular weight excluding hydrogens is 416 g/mol. The number of ether oxygens (including phenoxy) is 2. The van der Waals surface area contributed by atoms with Gasteiger partial charge in [-0.1, -0.05) is 42.5 Å². The van der Waals surface area contributed by atoms with Gasteiger partial charge < -0.3 is 14.0 Å². The fraction of sp³-hybridized carbons (Fsp3) is 0.192. The molecule has 1 amide bonds. The van der Waals surface area contributed by atoms with Crippen LogP contribution in [0.3, 0.4) is 0 Å². The van der Waals surface area contributed by atoms with Gasteiger partial charge in [0.25, 0.3) is 0 Å². The SMILES string of the molecule is COc1ccc(/C=N/NC(=O)CCc2nc3ccccc3n2Cc2ccccc2)cc1OC. The van der Waals surface area contributed by atoms with E-state index in [4.69, 9.17) is 14.5 Å². The predicted octanol–water partition coefficient (Wildman–Crippen LogP) is 4.18. The Labute approximate surface area is 192 Å². The monoisotopic (exact) mass is 442 g/mol. The van der Waals surface area contributed by atoms with E-state index in [1.54, 1.807) is 32.6 Å². The second-order valence-corrected chi connectivity index (χ2v) is 7.50. The van der Waals surface area contributed by atoms with Gasteiger partial charge >= 0.3 is 0 Å². The molecule has 0 atom stereocenters. The van der Waals surface area contributed by atoms with Gasteiger partial charge in [-0.25, -0.2) is 10.4 Å². The summed E-state index contributed by atoms with van der Waals surface area (Å²) in [6.07, 6.45) is 2.37. The van der Waals surface area contributed by atoms with Gasteiger partial charge in [0.05, 0.1) is 31.5 Å². The van der Waals surface area contributed by atoms with Crippen molar-refractivity contribution in [1.82, 2.24) is 15.0 Å². The average molecular weight is 443 g/mol. The molecule has 1 N–H and O–H groups in total. The number of aromatic nitrogens is 2. The van der Waals surface area contributed by atoms with Crippen molar-refractivity contribution >= 4 is 23.2 Å². The van der Waals surface area contributed by atoms with E-state index in [2.05, 4.69) is 33.3 Å². The first kappa shape index (κ1) is 22.1. The summed E-state index contributed by atoms with van der Waals surface area (Å²) >= 11 is 0. The molecule has 0 saturated heterocycles. The third-order valence-electron chi connectivity index (χ3n) is 5.30. The Hall–Kier alpha value is -4.13. The molecule has 7 nitrogen and oxygen atoms in total. The van der Waals surface area contributed by atoms with Gasteiger partial charge in [0.15, 0.2) is 11.5 Å². The van der Waals surface area contributed by atoms with Crippen molar-refractivity contribution in [2.45, 2.75) is 19.4 Å². The number of para-hydroxylation sites is 2. The highest BCUT2D eigenvalue weighted by atomic mass is 16.5. The standard InChI is InChI=1S/C26H26N4O3/c1-32-23-13-12-20(16-24(23)33-2)17-27-29-26(31)15-14-25-28-21-10-6-7-11-22(21)30(25)18-19-8-4-3-5-9-19/h3-13,16-17H,14-15,18H2,1-2H3,(H,29,31)/b27-17+. The molecule has 0 aliphatic carbocycles. The number of imidazole rings is 1. The quantitative estimate of drug-likeness (QED) is 0.312. The van der Waals surface area contributed by atoms with Gasteiger partial charge in [-0.2, -0.15) is 5.10 Å². The van der Waals surface area contributed by atoms with E-state index in [0.717, 1.165) is 22.4 Å². The van der Waals surface area contributed by atoms with Crippen molar-refractivity contribution < 1.29 is 14.3 Å². The lowest BCUT2D eigenvalue weighted by atomic mass is 10.2. The molecule has 0 spiro atoms. The Morgan fingerprint density at radius 3 is 2.55 bits per heavy atom. The van der Waals surface area contributed by atoms with Crippen molar-refractivity contribution in [1.29, 1.82) is 0 Å². The van der Waals surface area contributed by atoms with Crippen LogP contribution in [-0.4, -0.2) is 35.9 Å². The first-order chi connectivity index (χ1) is 16.2.